The molecule has 1 saturated carbocycles. The third-order valence-electron chi connectivity index (χ3n) is 4.32. The standard InChI is InChI=1S/C16H25N/c1-5-13-9-6-8-12(2)15(13)17-14-10-7-11-16(14,3)4/h6,8-9,14,17H,5,7,10-11H2,1-4H3. The molecule has 94 valence electrons. The molecular formula is C16H25N. The van der Waals surface area contributed by atoms with Gasteiger partial charge < -0.3 is 5.32 Å². The van der Waals surface area contributed by atoms with Gasteiger partial charge in [0.05, 0.1) is 0 Å². The van der Waals surface area contributed by atoms with Crippen molar-refractivity contribution in [2.75, 3.05) is 5.32 Å². The van der Waals surface area contributed by atoms with E-state index >= 15 is 0 Å². The van der Waals surface area contributed by atoms with Crippen LogP contribution in [0, 0.1) is 12.3 Å². The number of benzene rings is 1. The van der Waals surface area contributed by atoms with Gasteiger partial charge in [0.1, 0.15) is 0 Å². The molecule has 1 atom stereocenters. The van der Waals surface area contributed by atoms with Crippen LogP contribution < -0.4 is 5.32 Å². The molecule has 17 heavy (non-hydrogen) atoms. The summed E-state index contributed by atoms with van der Waals surface area (Å²) in [5.74, 6) is 0. The van der Waals surface area contributed by atoms with Gasteiger partial charge in [-0.3, -0.25) is 0 Å². The molecular weight excluding hydrogens is 206 g/mol. The Labute approximate surface area is 106 Å². The van der Waals surface area contributed by atoms with E-state index in [1.807, 2.05) is 0 Å². The molecule has 0 aliphatic heterocycles. The summed E-state index contributed by atoms with van der Waals surface area (Å²) in [4.78, 5) is 0. The number of para-hydroxylation sites is 1. The molecule has 1 unspecified atom stereocenters. The van der Waals surface area contributed by atoms with E-state index in [9.17, 15) is 0 Å². The first-order chi connectivity index (χ1) is 8.04. The predicted octanol–water partition coefficient (Wildman–Crippen LogP) is 4.55. The van der Waals surface area contributed by atoms with E-state index in [2.05, 4.69) is 51.2 Å². The van der Waals surface area contributed by atoms with E-state index in [1.54, 1.807) is 0 Å². The second-order valence-corrected chi connectivity index (χ2v) is 6.04. The van der Waals surface area contributed by atoms with Crippen LogP contribution in [-0.2, 0) is 6.42 Å². The fourth-order valence-electron chi connectivity index (χ4n) is 3.00. The van der Waals surface area contributed by atoms with Gasteiger partial charge in [-0.15, -0.1) is 0 Å². The molecule has 1 nitrogen and oxygen atoms in total. The predicted molar refractivity (Wildman–Crippen MR) is 75.6 cm³/mol. The summed E-state index contributed by atoms with van der Waals surface area (Å²) in [5, 5.41) is 3.82. The lowest BCUT2D eigenvalue weighted by Gasteiger charge is -2.30. The molecule has 0 amide bonds. The second kappa shape index (κ2) is 4.72. The number of nitrogens with one attached hydrogen (secondary N) is 1. The lowest BCUT2D eigenvalue weighted by Crippen LogP contribution is -2.31. The largest absolute Gasteiger partial charge is 0.381 e. The van der Waals surface area contributed by atoms with Crippen molar-refractivity contribution in [2.24, 2.45) is 5.41 Å². The van der Waals surface area contributed by atoms with Crippen LogP contribution >= 0.6 is 0 Å². The molecule has 1 fully saturated rings. The van der Waals surface area contributed by atoms with Crippen LogP contribution in [0.2, 0.25) is 0 Å². The molecule has 1 aromatic carbocycles. The average Bonchev–Trinajstić information content (AvgIpc) is 2.61. The number of anilines is 1. The van der Waals surface area contributed by atoms with Crippen molar-refractivity contribution in [1.29, 1.82) is 0 Å². The topological polar surface area (TPSA) is 12.0 Å². The van der Waals surface area contributed by atoms with Crippen molar-refractivity contribution < 1.29 is 0 Å². The van der Waals surface area contributed by atoms with E-state index in [1.165, 1.54) is 36.1 Å². The molecule has 1 aliphatic carbocycles. The van der Waals surface area contributed by atoms with E-state index < -0.39 is 0 Å². The maximum absolute atomic E-state index is 3.82. The Morgan fingerprint density at radius 2 is 2.12 bits per heavy atom. The summed E-state index contributed by atoms with van der Waals surface area (Å²) >= 11 is 0. The number of hydrogen-bond acceptors (Lipinski definition) is 1. The van der Waals surface area contributed by atoms with Gasteiger partial charge in [-0.05, 0) is 42.7 Å². The van der Waals surface area contributed by atoms with Crippen LogP contribution in [0.4, 0.5) is 5.69 Å². The fraction of sp³-hybridized carbons (Fsp3) is 0.625. The molecule has 0 bridgehead atoms. The molecule has 0 heterocycles. The summed E-state index contributed by atoms with van der Waals surface area (Å²) < 4.78 is 0. The third-order valence-corrected chi connectivity index (χ3v) is 4.32. The first-order valence-corrected chi connectivity index (χ1v) is 6.89. The third kappa shape index (κ3) is 2.48. The van der Waals surface area contributed by atoms with Crippen LogP contribution in [0.3, 0.4) is 0 Å². The smallest absolute Gasteiger partial charge is 0.0404 e. The monoisotopic (exact) mass is 231 g/mol. The first kappa shape index (κ1) is 12.5. The van der Waals surface area contributed by atoms with Gasteiger partial charge in [0.2, 0.25) is 0 Å². The Morgan fingerprint density at radius 1 is 1.35 bits per heavy atom. The van der Waals surface area contributed by atoms with E-state index in [-0.39, 0.29) is 0 Å². The quantitative estimate of drug-likeness (QED) is 0.805. The Morgan fingerprint density at radius 3 is 2.71 bits per heavy atom. The van der Waals surface area contributed by atoms with Gasteiger partial charge in [0, 0.05) is 11.7 Å². The highest BCUT2D eigenvalue weighted by Gasteiger charge is 2.34. The van der Waals surface area contributed by atoms with Crippen molar-refractivity contribution in [3.8, 4) is 0 Å². The van der Waals surface area contributed by atoms with Gasteiger partial charge in [-0.1, -0.05) is 45.4 Å². The van der Waals surface area contributed by atoms with E-state index in [4.69, 9.17) is 0 Å². The molecule has 0 radical (unpaired) electrons. The zero-order valence-electron chi connectivity index (χ0n) is 11.6. The maximum atomic E-state index is 3.82. The summed E-state index contributed by atoms with van der Waals surface area (Å²) in [6.45, 7) is 9.23. The number of hydrogen-bond donors (Lipinski definition) is 1. The second-order valence-electron chi connectivity index (χ2n) is 6.04. The normalized spacial score (nSPS) is 22.7. The highest BCUT2D eigenvalue weighted by molar-refractivity contribution is 5.58. The summed E-state index contributed by atoms with van der Waals surface area (Å²) in [6, 6.07) is 7.26. The van der Waals surface area contributed by atoms with Crippen LogP contribution in [0.15, 0.2) is 18.2 Å². The Bertz CT molecular complexity index is 393. The Kier molecular flexibility index (Phi) is 3.46. The lowest BCUT2D eigenvalue weighted by molar-refractivity contribution is 0.350. The Hall–Kier alpha value is -0.980. The molecule has 0 spiro atoms. The van der Waals surface area contributed by atoms with Gasteiger partial charge in [0.25, 0.3) is 0 Å². The van der Waals surface area contributed by atoms with Crippen LogP contribution in [0.25, 0.3) is 0 Å². The number of rotatable bonds is 3. The van der Waals surface area contributed by atoms with Gasteiger partial charge in [0.15, 0.2) is 0 Å². The molecule has 1 heteroatoms. The van der Waals surface area contributed by atoms with Crippen molar-refractivity contribution in [3.05, 3.63) is 29.3 Å². The zero-order chi connectivity index (χ0) is 12.5. The highest BCUT2D eigenvalue weighted by atomic mass is 14.9. The van der Waals surface area contributed by atoms with Gasteiger partial charge in [-0.2, -0.15) is 0 Å². The van der Waals surface area contributed by atoms with Crippen LogP contribution in [0.5, 0.6) is 0 Å². The van der Waals surface area contributed by atoms with Crippen molar-refractivity contribution in [3.63, 3.8) is 0 Å². The molecule has 1 aliphatic rings. The molecule has 1 N–H and O–H groups in total. The lowest BCUT2D eigenvalue weighted by atomic mass is 9.87. The van der Waals surface area contributed by atoms with Crippen molar-refractivity contribution in [1.82, 2.24) is 0 Å². The Balaban J connectivity index is 2.24. The molecule has 0 saturated heterocycles. The fourth-order valence-corrected chi connectivity index (χ4v) is 3.00. The minimum absolute atomic E-state index is 0.438. The van der Waals surface area contributed by atoms with Crippen LogP contribution in [-0.4, -0.2) is 6.04 Å². The van der Waals surface area contributed by atoms with E-state index in [0.29, 0.717) is 11.5 Å². The van der Waals surface area contributed by atoms with Gasteiger partial charge >= 0.3 is 0 Å². The number of aryl methyl sites for hydroxylation is 2. The summed E-state index contributed by atoms with van der Waals surface area (Å²) in [6.07, 6.45) is 5.12. The minimum atomic E-state index is 0.438. The average molecular weight is 231 g/mol. The molecule has 2 rings (SSSR count). The SMILES string of the molecule is CCc1cccc(C)c1NC1CCCC1(C)C. The molecule has 1 aromatic rings. The van der Waals surface area contributed by atoms with E-state index in [0.717, 1.165) is 6.42 Å². The van der Waals surface area contributed by atoms with Crippen molar-refractivity contribution in [2.45, 2.75) is 59.4 Å². The summed E-state index contributed by atoms with van der Waals surface area (Å²) in [7, 11) is 0. The zero-order valence-corrected chi connectivity index (χ0v) is 11.6. The first-order valence-electron chi connectivity index (χ1n) is 6.89. The minimum Gasteiger partial charge on any atom is -0.381 e. The van der Waals surface area contributed by atoms with Crippen molar-refractivity contribution >= 4 is 5.69 Å². The highest BCUT2D eigenvalue weighted by Crippen LogP contribution is 2.39. The maximum Gasteiger partial charge on any atom is 0.0404 e. The summed E-state index contributed by atoms with van der Waals surface area (Å²) in [5.41, 5.74) is 4.66. The van der Waals surface area contributed by atoms with Gasteiger partial charge in [-0.25, -0.2) is 0 Å². The van der Waals surface area contributed by atoms with Crippen LogP contribution in [0.1, 0.15) is 51.2 Å². The molecule has 0 aromatic heterocycles.